The Kier molecular flexibility index (Phi) is 9.22. The molecule has 276 valence electrons. The lowest BCUT2D eigenvalue weighted by Gasteiger charge is -2.51. The first-order chi connectivity index (χ1) is 26.5. The Bertz CT molecular complexity index is 2330. The number of ether oxygens (including phenoxy) is 1. The molecule has 3 heterocycles. The Morgan fingerprint density at radius 2 is 1.42 bits per heavy atom. The van der Waals surface area contributed by atoms with Gasteiger partial charge < -0.3 is 15.0 Å². The molecule has 5 aromatic carbocycles. The smallest absolute Gasteiger partial charge is 0.410 e. The summed E-state index contributed by atoms with van der Waals surface area (Å²) in [4.78, 5) is 29.9. The topological polar surface area (TPSA) is 100 Å². The van der Waals surface area contributed by atoms with Crippen LogP contribution in [0.4, 0.5) is 10.6 Å². The van der Waals surface area contributed by atoms with Crippen molar-refractivity contribution in [3.05, 3.63) is 155 Å². The van der Waals surface area contributed by atoms with Crippen LogP contribution in [-0.4, -0.2) is 44.9 Å². The Morgan fingerprint density at radius 3 is 1.96 bits per heavy atom. The number of aromatic nitrogens is 2. The summed E-state index contributed by atoms with van der Waals surface area (Å²) < 4.78 is 7.81. The molecule has 2 amide bonds. The van der Waals surface area contributed by atoms with Gasteiger partial charge in [-0.2, -0.15) is 10.4 Å². The number of halogens is 1. The zero-order valence-electron chi connectivity index (χ0n) is 31.1. The zero-order valence-corrected chi connectivity index (χ0v) is 31.9. The molecule has 2 aliphatic heterocycles. The van der Waals surface area contributed by atoms with Crippen molar-refractivity contribution in [2.45, 2.75) is 63.6 Å². The van der Waals surface area contributed by atoms with E-state index in [1.807, 2.05) is 98.2 Å². The molecule has 3 fully saturated rings. The molecule has 3 aliphatic rings. The Balaban J connectivity index is 1.33. The minimum atomic E-state index is -0.959. The number of carbonyl (C=O) groups is 2. The summed E-state index contributed by atoms with van der Waals surface area (Å²) in [5, 5.41) is 19.6. The van der Waals surface area contributed by atoms with E-state index in [1.165, 1.54) is 0 Å². The number of fused-ring (bicyclic) bond motifs is 4. The highest BCUT2D eigenvalue weighted by atomic mass is 35.5. The van der Waals surface area contributed by atoms with Gasteiger partial charge in [0.25, 0.3) is 0 Å². The number of rotatable bonds is 7. The maximum Gasteiger partial charge on any atom is 0.410 e. The average Bonchev–Trinajstić information content (AvgIpc) is 3.56. The van der Waals surface area contributed by atoms with Crippen LogP contribution >= 0.6 is 11.6 Å². The van der Waals surface area contributed by atoms with Crippen molar-refractivity contribution >= 4 is 40.3 Å². The first-order valence-electron chi connectivity index (χ1n) is 18.7. The van der Waals surface area contributed by atoms with E-state index < -0.39 is 16.6 Å². The number of hydrogen-bond donors (Lipinski definition) is 1. The number of nitriles is 1. The number of nitrogens with zero attached hydrogens (tertiary/aromatic N) is 4. The van der Waals surface area contributed by atoms with Crippen molar-refractivity contribution in [1.29, 1.82) is 5.26 Å². The second-order valence-electron chi connectivity index (χ2n) is 15.7. The van der Waals surface area contributed by atoms with Crippen LogP contribution in [0.1, 0.15) is 68.7 Å². The monoisotopic (exact) mass is 747 g/mol. The van der Waals surface area contributed by atoms with Gasteiger partial charge in [0.05, 0.1) is 22.6 Å². The predicted octanol–water partition coefficient (Wildman–Crippen LogP) is 10.2. The van der Waals surface area contributed by atoms with Crippen molar-refractivity contribution in [3.8, 4) is 17.2 Å². The lowest BCUT2D eigenvalue weighted by atomic mass is 9.67. The summed E-state index contributed by atoms with van der Waals surface area (Å²) in [6, 6.07) is 44.3. The van der Waals surface area contributed by atoms with Gasteiger partial charge in [0.1, 0.15) is 11.1 Å². The summed E-state index contributed by atoms with van der Waals surface area (Å²) in [6.45, 7) is 5.85. The zero-order chi connectivity index (χ0) is 38.4. The fourth-order valence-electron chi connectivity index (χ4n) is 8.51. The van der Waals surface area contributed by atoms with E-state index >= 15 is 0 Å². The molecule has 0 radical (unpaired) electrons. The largest absolute Gasteiger partial charge is 0.444 e. The van der Waals surface area contributed by atoms with Crippen molar-refractivity contribution in [3.63, 3.8) is 0 Å². The third kappa shape index (κ3) is 6.43. The third-order valence-corrected chi connectivity index (χ3v) is 11.5. The number of nitrogens with one attached hydrogen (secondary N) is 1. The molecule has 9 rings (SSSR count). The summed E-state index contributed by atoms with van der Waals surface area (Å²) >= 11 is 6.76. The molecular formula is C46H42ClN5O3. The molecule has 8 nitrogen and oxygen atoms in total. The van der Waals surface area contributed by atoms with Gasteiger partial charge in [-0.3, -0.25) is 4.79 Å². The summed E-state index contributed by atoms with van der Waals surface area (Å²) in [5.41, 5.74) is 3.29. The van der Waals surface area contributed by atoms with Gasteiger partial charge in [-0.1, -0.05) is 109 Å². The van der Waals surface area contributed by atoms with Crippen LogP contribution in [0.15, 0.2) is 127 Å². The van der Waals surface area contributed by atoms with E-state index in [1.54, 1.807) is 23.1 Å². The first kappa shape index (κ1) is 36.1. The Labute approximate surface area is 326 Å². The first-order valence-corrected chi connectivity index (χ1v) is 19.1. The summed E-state index contributed by atoms with van der Waals surface area (Å²) in [7, 11) is 0. The standard InChI is InChI=1S/C46H42ClN5O3/c1-44(2,3)55-43(54)51-30-45(25-23-36(51)24-26-45)42(53)49-41-38-28-32(37-27-31(29-48)19-21-39(37)47)20-22-40(38)52(50-41)46(33-13-7-4-8-14-33,34-15-9-5-10-16-34)35-17-11-6-12-18-35/h4-22,27-28,36H,23-26,30H2,1-3H3,(H,49,50,53). The molecule has 9 heteroatoms. The number of benzene rings is 5. The molecule has 1 aliphatic carbocycles. The van der Waals surface area contributed by atoms with Gasteiger partial charge in [-0.25, -0.2) is 9.48 Å². The molecule has 0 atom stereocenters. The molecule has 1 N–H and O–H groups in total. The van der Waals surface area contributed by atoms with Crippen molar-refractivity contribution in [1.82, 2.24) is 14.7 Å². The highest BCUT2D eigenvalue weighted by molar-refractivity contribution is 6.33. The lowest BCUT2D eigenvalue weighted by Crippen LogP contribution is -2.60. The molecule has 2 bridgehead atoms. The van der Waals surface area contributed by atoms with E-state index in [-0.39, 0.29) is 24.6 Å². The van der Waals surface area contributed by atoms with E-state index in [9.17, 15) is 14.9 Å². The van der Waals surface area contributed by atoms with E-state index in [0.29, 0.717) is 40.2 Å². The fourth-order valence-corrected chi connectivity index (χ4v) is 8.73. The fraction of sp³-hybridized carbons (Fsp3) is 0.261. The Hall–Kier alpha value is -5.91. The molecule has 0 spiro atoms. The Morgan fingerprint density at radius 1 is 0.836 bits per heavy atom. The third-order valence-electron chi connectivity index (χ3n) is 11.1. The molecule has 0 unspecified atom stereocenters. The van der Waals surface area contributed by atoms with Gasteiger partial charge in [-0.05, 0) is 99.0 Å². The van der Waals surface area contributed by atoms with Crippen LogP contribution in [0, 0.1) is 16.7 Å². The van der Waals surface area contributed by atoms with E-state index in [4.69, 9.17) is 21.4 Å². The number of amides is 2. The van der Waals surface area contributed by atoms with Gasteiger partial charge in [-0.15, -0.1) is 0 Å². The van der Waals surface area contributed by atoms with Crippen LogP contribution in [0.2, 0.25) is 5.02 Å². The number of hydrogen-bond acceptors (Lipinski definition) is 5. The van der Waals surface area contributed by atoms with Gasteiger partial charge in [0.2, 0.25) is 5.91 Å². The van der Waals surface area contributed by atoms with Crippen LogP contribution < -0.4 is 5.32 Å². The van der Waals surface area contributed by atoms with Crippen molar-refractivity contribution in [2.24, 2.45) is 5.41 Å². The van der Waals surface area contributed by atoms with Crippen molar-refractivity contribution < 1.29 is 14.3 Å². The highest BCUT2D eigenvalue weighted by Crippen LogP contribution is 2.48. The molecular weight excluding hydrogens is 706 g/mol. The average molecular weight is 748 g/mol. The van der Waals surface area contributed by atoms with E-state index in [0.717, 1.165) is 40.6 Å². The van der Waals surface area contributed by atoms with Gasteiger partial charge in [0, 0.05) is 28.6 Å². The molecule has 2 saturated heterocycles. The van der Waals surface area contributed by atoms with Crippen LogP contribution in [-0.2, 0) is 15.1 Å². The highest BCUT2D eigenvalue weighted by Gasteiger charge is 2.52. The number of piperidine rings is 2. The SMILES string of the molecule is CC(C)(C)OC(=O)N1CC2(C(=O)Nc3nn(C(c4ccccc4)(c4ccccc4)c4ccccc4)c4ccc(-c5cc(C#N)ccc5Cl)cc34)CCC1CC2. The second kappa shape index (κ2) is 14.1. The number of carbonyl (C=O) groups excluding carboxylic acids is 2. The quantitative estimate of drug-likeness (QED) is 0.164. The second-order valence-corrected chi connectivity index (χ2v) is 16.1. The predicted molar refractivity (Wildman–Crippen MR) is 216 cm³/mol. The van der Waals surface area contributed by atoms with Crippen LogP contribution in [0.25, 0.3) is 22.0 Å². The lowest BCUT2D eigenvalue weighted by molar-refractivity contribution is -0.134. The molecule has 55 heavy (non-hydrogen) atoms. The minimum absolute atomic E-state index is 0.0456. The maximum absolute atomic E-state index is 14.8. The van der Waals surface area contributed by atoms with Crippen molar-refractivity contribution in [2.75, 3.05) is 11.9 Å². The molecule has 1 aromatic heterocycles. The van der Waals surface area contributed by atoms with Crippen LogP contribution in [0.3, 0.4) is 0 Å². The minimum Gasteiger partial charge on any atom is -0.444 e. The van der Waals surface area contributed by atoms with Gasteiger partial charge in [0.15, 0.2) is 5.82 Å². The van der Waals surface area contributed by atoms with Crippen LogP contribution in [0.5, 0.6) is 0 Å². The molecule has 6 aromatic rings. The van der Waals surface area contributed by atoms with Gasteiger partial charge >= 0.3 is 6.09 Å². The maximum atomic E-state index is 14.8. The molecule has 1 saturated carbocycles. The summed E-state index contributed by atoms with van der Waals surface area (Å²) in [6.07, 6.45) is 2.37. The normalized spacial score (nSPS) is 18.2. The number of anilines is 1. The van der Waals surface area contributed by atoms with E-state index in [2.05, 4.69) is 47.8 Å². The summed E-state index contributed by atoms with van der Waals surface area (Å²) in [5.74, 6) is 0.220.